The van der Waals surface area contributed by atoms with E-state index in [-0.39, 0.29) is 34.9 Å². The van der Waals surface area contributed by atoms with Gasteiger partial charge in [-0.1, -0.05) is 12.1 Å². The van der Waals surface area contributed by atoms with Gasteiger partial charge in [0.2, 0.25) is 15.9 Å². The Morgan fingerprint density at radius 3 is 2.39 bits per heavy atom. The van der Waals surface area contributed by atoms with Crippen LogP contribution < -0.4 is 15.4 Å². The minimum atomic E-state index is -3.65. The Morgan fingerprint density at radius 1 is 1.18 bits per heavy atom. The number of amides is 1. The van der Waals surface area contributed by atoms with Gasteiger partial charge in [-0.15, -0.1) is 0 Å². The molecule has 0 aliphatic carbocycles. The summed E-state index contributed by atoms with van der Waals surface area (Å²) in [6.07, 6.45) is 0. The second-order valence-electron chi connectivity index (χ2n) is 6.35. The summed E-state index contributed by atoms with van der Waals surface area (Å²) in [6, 6.07) is 10.1. The number of hydrogen-bond acceptors (Lipinski definition) is 5. The highest BCUT2D eigenvalue weighted by molar-refractivity contribution is 7.89. The fraction of sp³-hybridized carbons (Fsp3) is 0.316. The van der Waals surface area contributed by atoms with Gasteiger partial charge in [0.25, 0.3) is 0 Å². The Balaban J connectivity index is 2.09. The number of carbonyl (C=O) groups excluding carboxylic acids is 1. The van der Waals surface area contributed by atoms with Crippen LogP contribution in [-0.4, -0.2) is 46.4 Å². The summed E-state index contributed by atoms with van der Waals surface area (Å²) in [5.74, 6) is -0.349. The molecule has 1 amide bonds. The molecule has 1 atom stereocenters. The molecule has 2 aromatic rings. The largest absolute Gasteiger partial charge is 0.495 e. The fourth-order valence-corrected chi connectivity index (χ4v) is 3.39. The van der Waals surface area contributed by atoms with Crippen molar-refractivity contribution in [1.29, 1.82) is 0 Å². The highest BCUT2D eigenvalue weighted by Crippen LogP contribution is 2.28. The van der Waals surface area contributed by atoms with Gasteiger partial charge in [-0.05, 0) is 42.8 Å². The maximum atomic E-state index is 13.0. The van der Waals surface area contributed by atoms with Gasteiger partial charge in [-0.25, -0.2) is 17.1 Å². The van der Waals surface area contributed by atoms with E-state index in [0.29, 0.717) is 5.75 Å². The standard InChI is InChI=1S/C19H24FN3O4S/c1-13(14-5-7-15(20)8-6-14)21-12-19(24)22-17-11-16(9-10-18(17)27-4)28(25,26)23(2)3/h5-11,13,21H,12H2,1-4H3,(H,22,24)/t13-/m1/s1. The molecule has 2 aromatic carbocycles. The molecule has 0 radical (unpaired) electrons. The van der Waals surface area contributed by atoms with Crippen molar-refractivity contribution in [3.63, 3.8) is 0 Å². The zero-order valence-corrected chi connectivity index (χ0v) is 17.0. The van der Waals surface area contributed by atoms with Crippen LogP contribution in [0.1, 0.15) is 18.5 Å². The maximum Gasteiger partial charge on any atom is 0.242 e. The zero-order chi connectivity index (χ0) is 20.9. The van der Waals surface area contributed by atoms with Gasteiger partial charge in [0.15, 0.2) is 0 Å². The SMILES string of the molecule is COc1ccc(S(=O)(=O)N(C)C)cc1NC(=O)CN[C@H](C)c1ccc(F)cc1. The summed E-state index contributed by atoms with van der Waals surface area (Å²) >= 11 is 0. The number of ether oxygens (including phenoxy) is 1. The molecule has 2 rings (SSSR count). The second-order valence-corrected chi connectivity index (χ2v) is 8.50. The molecular formula is C19H24FN3O4S. The predicted octanol–water partition coefficient (Wildman–Crippen LogP) is 2.37. The van der Waals surface area contributed by atoms with Crippen LogP contribution in [0.3, 0.4) is 0 Å². The summed E-state index contributed by atoms with van der Waals surface area (Å²) in [7, 11) is 0.644. The molecule has 0 heterocycles. The number of anilines is 1. The van der Waals surface area contributed by atoms with Crippen LogP contribution in [0.2, 0.25) is 0 Å². The second kappa shape index (κ2) is 9.13. The number of carbonyl (C=O) groups is 1. The van der Waals surface area contributed by atoms with Crippen LogP contribution in [0.5, 0.6) is 5.75 Å². The molecule has 0 spiro atoms. The van der Waals surface area contributed by atoms with E-state index >= 15 is 0 Å². The lowest BCUT2D eigenvalue weighted by atomic mass is 10.1. The van der Waals surface area contributed by atoms with Crippen LogP contribution in [0, 0.1) is 5.82 Å². The molecule has 0 saturated carbocycles. The quantitative estimate of drug-likeness (QED) is 0.699. The molecule has 7 nitrogen and oxygen atoms in total. The third-order valence-corrected chi connectivity index (χ3v) is 5.97. The van der Waals surface area contributed by atoms with E-state index in [1.165, 1.54) is 51.5 Å². The van der Waals surface area contributed by atoms with Gasteiger partial charge in [0.1, 0.15) is 11.6 Å². The average Bonchev–Trinajstić information content (AvgIpc) is 2.66. The van der Waals surface area contributed by atoms with E-state index < -0.39 is 10.0 Å². The Hall–Kier alpha value is -2.49. The lowest BCUT2D eigenvalue weighted by Crippen LogP contribution is -2.30. The smallest absolute Gasteiger partial charge is 0.242 e. The van der Waals surface area contributed by atoms with E-state index in [4.69, 9.17) is 4.74 Å². The van der Waals surface area contributed by atoms with Crippen LogP contribution in [-0.2, 0) is 14.8 Å². The number of methoxy groups -OCH3 is 1. The van der Waals surface area contributed by atoms with Crippen molar-refractivity contribution in [2.45, 2.75) is 17.9 Å². The molecule has 0 saturated heterocycles. The van der Waals surface area contributed by atoms with Crippen LogP contribution in [0.25, 0.3) is 0 Å². The van der Waals surface area contributed by atoms with Crippen molar-refractivity contribution in [3.8, 4) is 5.75 Å². The minimum absolute atomic E-state index is 0.0215. The topological polar surface area (TPSA) is 87.7 Å². The highest BCUT2D eigenvalue weighted by atomic mass is 32.2. The molecule has 0 aliphatic heterocycles. The van der Waals surface area contributed by atoms with Crippen LogP contribution in [0.15, 0.2) is 47.4 Å². The van der Waals surface area contributed by atoms with Crippen molar-refractivity contribution >= 4 is 21.6 Å². The van der Waals surface area contributed by atoms with Gasteiger partial charge in [-0.2, -0.15) is 0 Å². The van der Waals surface area contributed by atoms with Crippen molar-refractivity contribution in [3.05, 3.63) is 53.8 Å². The fourth-order valence-electron chi connectivity index (χ4n) is 2.47. The summed E-state index contributed by atoms with van der Waals surface area (Å²) in [6.45, 7) is 1.83. The van der Waals surface area contributed by atoms with Crippen molar-refractivity contribution in [2.24, 2.45) is 0 Å². The third kappa shape index (κ3) is 5.28. The van der Waals surface area contributed by atoms with Gasteiger partial charge in [-0.3, -0.25) is 4.79 Å². The number of nitrogens with zero attached hydrogens (tertiary/aromatic N) is 1. The summed E-state index contributed by atoms with van der Waals surface area (Å²) in [4.78, 5) is 12.4. The first-order chi connectivity index (χ1) is 13.1. The maximum absolute atomic E-state index is 13.0. The first-order valence-corrected chi connectivity index (χ1v) is 9.98. The Labute approximate surface area is 164 Å². The van der Waals surface area contributed by atoms with Crippen molar-refractivity contribution < 1.29 is 22.3 Å². The monoisotopic (exact) mass is 409 g/mol. The number of nitrogens with one attached hydrogen (secondary N) is 2. The molecule has 152 valence electrons. The summed E-state index contributed by atoms with van der Waals surface area (Å²) in [5, 5.41) is 5.70. The van der Waals surface area contributed by atoms with E-state index in [0.717, 1.165) is 9.87 Å². The Kier molecular flexibility index (Phi) is 7.11. The Morgan fingerprint density at radius 2 is 1.82 bits per heavy atom. The Bertz CT molecular complexity index is 931. The molecule has 9 heteroatoms. The summed E-state index contributed by atoms with van der Waals surface area (Å²) < 4.78 is 43.9. The molecule has 28 heavy (non-hydrogen) atoms. The molecule has 2 N–H and O–H groups in total. The highest BCUT2D eigenvalue weighted by Gasteiger charge is 2.20. The van der Waals surface area contributed by atoms with Crippen LogP contribution >= 0.6 is 0 Å². The molecule has 0 fully saturated rings. The predicted molar refractivity (Wildman–Crippen MR) is 105 cm³/mol. The number of sulfonamides is 1. The average molecular weight is 409 g/mol. The van der Waals surface area contributed by atoms with Gasteiger partial charge in [0.05, 0.1) is 24.2 Å². The lowest BCUT2D eigenvalue weighted by Gasteiger charge is -2.16. The molecule has 0 bridgehead atoms. The first-order valence-electron chi connectivity index (χ1n) is 8.54. The normalized spacial score (nSPS) is 12.6. The van der Waals surface area contributed by atoms with Gasteiger partial charge >= 0.3 is 0 Å². The molecule has 0 unspecified atom stereocenters. The zero-order valence-electron chi connectivity index (χ0n) is 16.2. The van der Waals surface area contributed by atoms with E-state index in [1.807, 2.05) is 6.92 Å². The first kappa shape index (κ1) is 21.8. The minimum Gasteiger partial charge on any atom is -0.495 e. The number of benzene rings is 2. The van der Waals surface area contributed by atoms with Crippen molar-refractivity contribution in [2.75, 3.05) is 33.1 Å². The molecule has 0 aromatic heterocycles. The van der Waals surface area contributed by atoms with Gasteiger partial charge < -0.3 is 15.4 Å². The number of hydrogen-bond donors (Lipinski definition) is 2. The van der Waals surface area contributed by atoms with E-state index in [9.17, 15) is 17.6 Å². The van der Waals surface area contributed by atoms with Crippen molar-refractivity contribution in [1.82, 2.24) is 9.62 Å². The van der Waals surface area contributed by atoms with E-state index in [1.54, 1.807) is 12.1 Å². The molecule has 0 aliphatic rings. The third-order valence-electron chi connectivity index (χ3n) is 4.16. The van der Waals surface area contributed by atoms with E-state index in [2.05, 4.69) is 10.6 Å². The van der Waals surface area contributed by atoms with Gasteiger partial charge in [0, 0.05) is 20.1 Å². The lowest BCUT2D eigenvalue weighted by molar-refractivity contribution is -0.115. The van der Waals surface area contributed by atoms with Crippen LogP contribution in [0.4, 0.5) is 10.1 Å². The molecular weight excluding hydrogens is 385 g/mol. The number of rotatable bonds is 8. The summed E-state index contributed by atoms with van der Waals surface area (Å²) in [5.41, 5.74) is 1.09. The number of halogens is 1.